The SMILES string of the molecule is CC.CS.c1ccc2c3c([nH]c2c1)CNCC3. The molecule has 0 fully saturated rings. The van der Waals surface area contributed by atoms with Crippen LogP contribution in [0.25, 0.3) is 10.9 Å². The predicted molar refractivity (Wildman–Crippen MR) is 80.0 cm³/mol. The maximum Gasteiger partial charge on any atom is 0.0459 e. The van der Waals surface area contributed by atoms with Gasteiger partial charge in [0.25, 0.3) is 0 Å². The van der Waals surface area contributed by atoms with E-state index in [9.17, 15) is 0 Å². The molecule has 2 N–H and O–H groups in total. The minimum absolute atomic E-state index is 0.990. The molecular weight excluding hydrogens is 228 g/mol. The quantitative estimate of drug-likeness (QED) is 0.614. The first-order chi connectivity index (χ1) is 8.45. The summed E-state index contributed by atoms with van der Waals surface area (Å²) in [6.07, 6.45) is 2.85. The molecule has 0 spiro atoms. The zero-order chi connectivity index (χ0) is 12.7. The van der Waals surface area contributed by atoms with Gasteiger partial charge in [0.2, 0.25) is 0 Å². The van der Waals surface area contributed by atoms with E-state index in [2.05, 4.69) is 47.2 Å². The number of benzene rings is 1. The number of fused-ring (bicyclic) bond motifs is 3. The molecule has 1 aromatic carbocycles. The molecule has 0 bridgehead atoms. The standard InChI is InChI=1S/C11H12N2.C2H6.CH4S/c1-2-4-10-8(3-1)9-5-6-12-7-11(9)13-10;2*1-2/h1-4,12-13H,5-7H2;1-2H3;2H,1H3. The zero-order valence-electron chi connectivity index (χ0n) is 10.9. The molecular formula is C14H22N2S. The Morgan fingerprint density at radius 3 is 2.59 bits per heavy atom. The molecule has 94 valence electrons. The summed E-state index contributed by atoms with van der Waals surface area (Å²) >= 11 is 3.53. The van der Waals surface area contributed by atoms with Crippen LogP contribution in [0.1, 0.15) is 25.1 Å². The third-order valence-corrected chi connectivity index (χ3v) is 2.76. The lowest BCUT2D eigenvalue weighted by atomic mass is 10.1. The molecule has 2 heterocycles. The van der Waals surface area contributed by atoms with Crippen molar-refractivity contribution in [3.63, 3.8) is 0 Å². The van der Waals surface area contributed by atoms with Crippen LogP contribution in [0.5, 0.6) is 0 Å². The molecule has 1 aliphatic heterocycles. The van der Waals surface area contributed by atoms with Crippen molar-refractivity contribution in [2.45, 2.75) is 26.8 Å². The number of thiol groups is 1. The van der Waals surface area contributed by atoms with Crippen LogP contribution in [0, 0.1) is 0 Å². The Morgan fingerprint density at radius 1 is 1.12 bits per heavy atom. The third kappa shape index (κ3) is 3.05. The normalized spacial score (nSPS) is 12.9. The van der Waals surface area contributed by atoms with Crippen molar-refractivity contribution in [3.8, 4) is 0 Å². The van der Waals surface area contributed by atoms with E-state index in [1.807, 2.05) is 13.8 Å². The summed E-state index contributed by atoms with van der Waals surface area (Å²) in [6, 6.07) is 8.54. The van der Waals surface area contributed by atoms with Gasteiger partial charge in [-0.25, -0.2) is 0 Å². The van der Waals surface area contributed by atoms with Crippen LogP contribution < -0.4 is 5.32 Å². The molecule has 0 amide bonds. The topological polar surface area (TPSA) is 27.8 Å². The Hall–Kier alpha value is -0.930. The number of nitrogens with one attached hydrogen (secondary N) is 2. The van der Waals surface area contributed by atoms with Crippen molar-refractivity contribution < 1.29 is 0 Å². The minimum Gasteiger partial charge on any atom is -0.357 e. The van der Waals surface area contributed by atoms with E-state index in [0.717, 1.165) is 19.5 Å². The van der Waals surface area contributed by atoms with Gasteiger partial charge in [-0.05, 0) is 30.9 Å². The lowest BCUT2D eigenvalue weighted by Gasteiger charge is -2.12. The van der Waals surface area contributed by atoms with E-state index >= 15 is 0 Å². The molecule has 0 unspecified atom stereocenters. The summed E-state index contributed by atoms with van der Waals surface area (Å²) in [5.74, 6) is 0. The van der Waals surface area contributed by atoms with Crippen LogP contribution in [0.2, 0.25) is 0 Å². The van der Waals surface area contributed by atoms with Gasteiger partial charge in [0.15, 0.2) is 0 Å². The summed E-state index contributed by atoms with van der Waals surface area (Å²) in [5, 5.41) is 4.77. The number of H-pyrrole nitrogens is 1. The molecule has 1 aliphatic rings. The van der Waals surface area contributed by atoms with Crippen LogP contribution in [0.4, 0.5) is 0 Å². The van der Waals surface area contributed by atoms with Crippen molar-refractivity contribution in [2.24, 2.45) is 0 Å². The average Bonchev–Trinajstić information content (AvgIpc) is 2.82. The van der Waals surface area contributed by atoms with E-state index in [0.29, 0.717) is 0 Å². The second-order valence-electron chi connectivity index (χ2n) is 3.55. The summed E-state index contributed by atoms with van der Waals surface area (Å²) in [6.45, 7) is 6.10. The molecule has 17 heavy (non-hydrogen) atoms. The second-order valence-corrected chi connectivity index (χ2v) is 3.55. The lowest BCUT2D eigenvalue weighted by Crippen LogP contribution is -2.22. The highest BCUT2D eigenvalue weighted by Crippen LogP contribution is 2.24. The highest BCUT2D eigenvalue weighted by atomic mass is 32.1. The molecule has 0 radical (unpaired) electrons. The monoisotopic (exact) mass is 250 g/mol. The Kier molecular flexibility index (Phi) is 6.16. The Labute approximate surface area is 109 Å². The molecule has 2 nitrogen and oxygen atoms in total. The molecule has 3 rings (SSSR count). The van der Waals surface area contributed by atoms with E-state index in [4.69, 9.17) is 0 Å². The summed E-state index contributed by atoms with van der Waals surface area (Å²) < 4.78 is 0. The number of para-hydroxylation sites is 1. The largest absolute Gasteiger partial charge is 0.357 e. The fourth-order valence-corrected chi connectivity index (χ4v) is 2.12. The first kappa shape index (κ1) is 14.1. The van der Waals surface area contributed by atoms with Gasteiger partial charge < -0.3 is 10.3 Å². The molecule has 0 saturated heterocycles. The Morgan fingerprint density at radius 2 is 1.82 bits per heavy atom. The zero-order valence-corrected chi connectivity index (χ0v) is 11.8. The molecule has 3 heteroatoms. The maximum atomic E-state index is 3.53. The number of rotatable bonds is 0. The van der Waals surface area contributed by atoms with Crippen LogP contribution in [-0.4, -0.2) is 17.8 Å². The van der Waals surface area contributed by atoms with Gasteiger partial charge in [-0.2, -0.15) is 12.6 Å². The number of aromatic amines is 1. The third-order valence-electron chi connectivity index (χ3n) is 2.76. The second kappa shape index (κ2) is 7.41. The van der Waals surface area contributed by atoms with Crippen LogP contribution in [-0.2, 0) is 13.0 Å². The van der Waals surface area contributed by atoms with Crippen LogP contribution >= 0.6 is 12.6 Å². The Bertz CT molecular complexity index is 448. The molecule has 1 aromatic heterocycles. The van der Waals surface area contributed by atoms with Gasteiger partial charge >= 0.3 is 0 Å². The highest BCUT2D eigenvalue weighted by molar-refractivity contribution is 7.79. The number of hydrogen-bond acceptors (Lipinski definition) is 2. The lowest BCUT2D eigenvalue weighted by molar-refractivity contribution is 0.637. The van der Waals surface area contributed by atoms with Crippen LogP contribution in [0.15, 0.2) is 24.3 Å². The molecule has 0 atom stereocenters. The fraction of sp³-hybridized carbons (Fsp3) is 0.429. The van der Waals surface area contributed by atoms with Gasteiger partial charge in [0.1, 0.15) is 0 Å². The Balaban J connectivity index is 0.000000330. The highest BCUT2D eigenvalue weighted by Gasteiger charge is 2.13. The fourth-order valence-electron chi connectivity index (χ4n) is 2.12. The first-order valence-electron chi connectivity index (χ1n) is 6.19. The van der Waals surface area contributed by atoms with E-state index in [1.54, 1.807) is 6.26 Å². The maximum absolute atomic E-state index is 3.53. The van der Waals surface area contributed by atoms with E-state index in [1.165, 1.54) is 22.2 Å². The van der Waals surface area contributed by atoms with Crippen molar-refractivity contribution >= 4 is 23.5 Å². The van der Waals surface area contributed by atoms with Gasteiger partial charge in [-0.3, -0.25) is 0 Å². The van der Waals surface area contributed by atoms with Gasteiger partial charge in [0.05, 0.1) is 0 Å². The molecule has 2 aromatic rings. The van der Waals surface area contributed by atoms with E-state index in [-0.39, 0.29) is 0 Å². The smallest absolute Gasteiger partial charge is 0.0459 e. The van der Waals surface area contributed by atoms with Crippen molar-refractivity contribution in [2.75, 3.05) is 12.8 Å². The van der Waals surface area contributed by atoms with Crippen molar-refractivity contribution in [1.29, 1.82) is 0 Å². The van der Waals surface area contributed by atoms with Gasteiger partial charge in [-0.1, -0.05) is 32.0 Å². The van der Waals surface area contributed by atoms with Gasteiger partial charge in [-0.15, -0.1) is 0 Å². The summed E-state index contributed by atoms with van der Waals surface area (Å²) in [7, 11) is 0. The molecule has 0 aliphatic carbocycles. The van der Waals surface area contributed by atoms with Crippen molar-refractivity contribution in [3.05, 3.63) is 35.5 Å². The molecule has 0 saturated carbocycles. The van der Waals surface area contributed by atoms with Crippen LogP contribution in [0.3, 0.4) is 0 Å². The minimum atomic E-state index is 0.990. The number of aromatic nitrogens is 1. The van der Waals surface area contributed by atoms with Gasteiger partial charge in [0, 0.05) is 23.1 Å². The predicted octanol–water partition coefficient (Wildman–Crippen LogP) is 3.39. The summed E-state index contributed by atoms with van der Waals surface area (Å²) in [5.41, 5.74) is 4.15. The summed E-state index contributed by atoms with van der Waals surface area (Å²) in [4.78, 5) is 3.45. The average molecular weight is 250 g/mol. The number of hydrogen-bond donors (Lipinski definition) is 3. The first-order valence-corrected chi connectivity index (χ1v) is 7.08. The van der Waals surface area contributed by atoms with Crippen molar-refractivity contribution in [1.82, 2.24) is 10.3 Å². The van der Waals surface area contributed by atoms with E-state index < -0.39 is 0 Å².